The van der Waals surface area contributed by atoms with Crippen LogP contribution in [0.15, 0.2) is 30.6 Å². The normalized spacial score (nSPS) is 22.3. The molecule has 0 bridgehead atoms. The monoisotopic (exact) mass is 397 g/mol. The first kappa shape index (κ1) is 14.9. The summed E-state index contributed by atoms with van der Waals surface area (Å²) in [6.07, 6.45) is 2.49. The van der Waals surface area contributed by atoms with Crippen molar-refractivity contribution >= 4 is 17.5 Å². The van der Waals surface area contributed by atoms with Crippen LogP contribution in [0.5, 0.6) is 0 Å². The largest absolute Gasteiger partial charge is 0.338 e. The average Bonchev–Trinajstić information content (AvgIpc) is 2.63. The van der Waals surface area contributed by atoms with E-state index in [-0.39, 0.29) is 17.0 Å². The Morgan fingerprint density at radius 2 is 2.00 bits per heavy atom. The van der Waals surface area contributed by atoms with Gasteiger partial charge in [-0.05, 0) is 56.4 Å². The molecule has 27 heavy (non-hydrogen) atoms. The fourth-order valence-corrected chi connectivity index (χ4v) is 2.93. The van der Waals surface area contributed by atoms with E-state index in [1.165, 1.54) is 0 Å². The minimum atomic E-state index is -2.60. The van der Waals surface area contributed by atoms with Gasteiger partial charge in [0.1, 0.15) is 17.3 Å². The molecule has 0 aliphatic carbocycles. The smallest absolute Gasteiger partial charge is 0.253 e. The van der Waals surface area contributed by atoms with Crippen LogP contribution in [0.4, 0.5) is 8.78 Å². The molecule has 0 radical (unpaired) electrons. The molecule has 0 N–H and O–H groups in total. The Morgan fingerprint density at radius 3 is 2.63 bits per heavy atom. The molecule has 4 nitrogen and oxygen atoms in total. The SMILES string of the molecule is [2H]C1([2H])CC(F)(CCCc2ncc(C)cn2)CC([2H])([2H])N1C(=O)c1ccc(F)c(Cl)c1. The lowest BCUT2D eigenvalue weighted by molar-refractivity contribution is 0.0389. The predicted octanol–water partition coefficient (Wildman–Crippen LogP) is 4.54. The zero-order valence-electron chi connectivity index (χ0n) is 18.8. The Balaban J connectivity index is 1.75. The van der Waals surface area contributed by atoms with Gasteiger partial charge in [0.25, 0.3) is 5.91 Å². The Bertz CT molecular complexity index is 957. The summed E-state index contributed by atoms with van der Waals surface area (Å²) in [4.78, 5) is 21.6. The lowest BCUT2D eigenvalue weighted by Crippen LogP contribution is -2.44. The van der Waals surface area contributed by atoms with Crippen LogP contribution in [0, 0.1) is 12.7 Å². The Morgan fingerprint density at radius 1 is 1.33 bits per heavy atom. The van der Waals surface area contributed by atoms with E-state index in [9.17, 15) is 9.18 Å². The van der Waals surface area contributed by atoms with E-state index in [1.807, 2.05) is 6.92 Å². The van der Waals surface area contributed by atoms with Crippen LogP contribution in [0.2, 0.25) is 5.02 Å². The fraction of sp³-hybridized carbons (Fsp3) is 0.450. The predicted molar refractivity (Wildman–Crippen MR) is 100 cm³/mol. The lowest BCUT2D eigenvalue weighted by atomic mass is 9.88. The summed E-state index contributed by atoms with van der Waals surface area (Å²) >= 11 is 5.70. The molecule has 3 rings (SSSR count). The van der Waals surface area contributed by atoms with Gasteiger partial charge in [-0.3, -0.25) is 4.79 Å². The number of aryl methyl sites for hydroxylation is 2. The standard InChI is InChI=1S/C20H22ClF2N3O/c1-14-12-24-18(25-13-14)3-2-6-20(23)7-9-26(10-8-20)19(27)15-4-5-17(22)16(21)11-15/h4-5,11-13H,2-3,6-10H2,1H3/i9D2,10D2. The molecule has 2 heterocycles. The minimum absolute atomic E-state index is 0.104. The number of aromatic nitrogens is 2. The van der Waals surface area contributed by atoms with Crippen molar-refractivity contribution in [2.75, 3.05) is 13.0 Å². The van der Waals surface area contributed by atoms with Crippen molar-refractivity contribution in [2.24, 2.45) is 0 Å². The molecule has 1 aliphatic rings. The molecule has 0 unspecified atom stereocenters. The number of benzene rings is 1. The molecule has 144 valence electrons. The number of amides is 1. The first-order chi connectivity index (χ1) is 14.3. The maximum absolute atomic E-state index is 15.6. The minimum Gasteiger partial charge on any atom is -0.338 e. The van der Waals surface area contributed by atoms with Gasteiger partial charge in [-0.1, -0.05) is 11.6 Å². The van der Waals surface area contributed by atoms with Gasteiger partial charge in [0.15, 0.2) is 0 Å². The molecule has 1 fully saturated rings. The fourth-order valence-electron chi connectivity index (χ4n) is 2.75. The van der Waals surface area contributed by atoms with Crippen molar-refractivity contribution in [3.8, 4) is 0 Å². The van der Waals surface area contributed by atoms with Crippen LogP contribution in [-0.2, 0) is 6.42 Å². The third kappa shape index (κ3) is 5.01. The van der Waals surface area contributed by atoms with Crippen LogP contribution in [0.25, 0.3) is 0 Å². The molecule has 1 saturated heterocycles. The molecule has 1 amide bonds. The van der Waals surface area contributed by atoms with Crippen molar-refractivity contribution in [1.29, 1.82) is 0 Å². The van der Waals surface area contributed by atoms with Crippen molar-refractivity contribution in [2.45, 2.75) is 44.7 Å². The maximum Gasteiger partial charge on any atom is 0.253 e. The zero-order chi connectivity index (χ0) is 23.0. The van der Waals surface area contributed by atoms with Crippen LogP contribution in [0.1, 0.15) is 52.9 Å². The first-order valence-electron chi connectivity index (χ1n) is 10.6. The highest BCUT2D eigenvalue weighted by Crippen LogP contribution is 2.32. The number of rotatable bonds is 5. The van der Waals surface area contributed by atoms with E-state index in [0.717, 1.165) is 23.8 Å². The summed E-state index contributed by atoms with van der Waals surface area (Å²) in [6.45, 7) is -3.36. The second-order valence-electron chi connectivity index (χ2n) is 6.62. The molecule has 0 spiro atoms. The Labute approximate surface area is 168 Å². The van der Waals surface area contributed by atoms with Gasteiger partial charge in [-0.25, -0.2) is 18.7 Å². The summed E-state index contributed by atoms with van der Waals surface area (Å²) in [7, 11) is 0. The Hall–Kier alpha value is -2.08. The van der Waals surface area contributed by atoms with Gasteiger partial charge >= 0.3 is 0 Å². The number of carbonyl (C=O) groups excluding carboxylic acids is 1. The van der Waals surface area contributed by atoms with Gasteiger partial charge in [-0.15, -0.1) is 0 Å². The number of halogens is 3. The molecular weight excluding hydrogens is 372 g/mol. The third-order valence-corrected chi connectivity index (χ3v) is 4.63. The van der Waals surface area contributed by atoms with Gasteiger partial charge in [0.2, 0.25) is 0 Å². The molecule has 0 saturated carbocycles. The summed E-state index contributed by atoms with van der Waals surface area (Å²) in [5.74, 6) is -1.25. The van der Waals surface area contributed by atoms with E-state index in [4.69, 9.17) is 17.1 Å². The molecule has 1 aliphatic heterocycles. The topological polar surface area (TPSA) is 46.1 Å². The van der Waals surface area contributed by atoms with E-state index < -0.39 is 43.2 Å². The quantitative estimate of drug-likeness (QED) is 0.743. The molecule has 7 heteroatoms. The Kier molecular flexibility index (Phi) is 4.58. The maximum atomic E-state index is 15.6. The average molecular weight is 398 g/mol. The summed E-state index contributed by atoms with van der Waals surface area (Å²) < 4.78 is 62.0. The van der Waals surface area contributed by atoms with Crippen LogP contribution in [0.3, 0.4) is 0 Å². The van der Waals surface area contributed by atoms with Gasteiger partial charge < -0.3 is 4.90 Å². The van der Waals surface area contributed by atoms with Crippen molar-refractivity contribution < 1.29 is 19.1 Å². The molecule has 1 aromatic carbocycles. The lowest BCUT2D eigenvalue weighted by Gasteiger charge is -2.36. The summed E-state index contributed by atoms with van der Waals surface area (Å²) in [6, 6.07) is 3.04. The van der Waals surface area contributed by atoms with Crippen LogP contribution >= 0.6 is 11.6 Å². The first-order valence-corrected chi connectivity index (χ1v) is 8.97. The number of nitrogens with zero attached hydrogens (tertiary/aromatic N) is 3. The highest BCUT2D eigenvalue weighted by Gasteiger charge is 2.35. The highest BCUT2D eigenvalue weighted by molar-refractivity contribution is 6.31. The second kappa shape index (κ2) is 8.30. The molecule has 0 atom stereocenters. The van der Waals surface area contributed by atoms with Crippen molar-refractivity contribution in [3.05, 3.63) is 58.4 Å². The molecule has 1 aromatic heterocycles. The number of hydrogen-bond donors (Lipinski definition) is 0. The highest BCUT2D eigenvalue weighted by atomic mass is 35.5. The third-order valence-electron chi connectivity index (χ3n) is 4.34. The molecular formula is C20H22ClF2N3O. The van der Waals surface area contributed by atoms with E-state index in [1.54, 1.807) is 12.4 Å². The molecule has 2 aromatic rings. The van der Waals surface area contributed by atoms with E-state index >= 15 is 4.39 Å². The number of carbonyl (C=O) groups is 1. The second-order valence-corrected chi connectivity index (χ2v) is 7.03. The zero-order valence-corrected chi connectivity index (χ0v) is 15.6. The number of hydrogen-bond acceptors (Lipinski definition) is 3. The van der Waals surface area contributed by atoms with Crippen molar-refractivity contribution in [1.82, 2.24) is 14.9 Å². The van der Waals surface area contributed by atoms with E-state index in [0.29, 0.717) is 23.6 Å². The van der Waals surface area contributed by atoms with Gasteiger partial charge in [-0.2, -0.15) is 0 Å². The number of alkyl halides is 1. The van der Waals surface area contributed by atoms with Gasteiger partial charge in [0.05, 0.1) is 5.02 Å². The number of likely N-dealkylation sites (tertiary alicyclic amines) is 1. The van der Waals surface area contributed by atoms with Crippen molar-refractivity contribution in [3.63, 3.8) is 0 Å². The van der Waals surface area contributed by atoms with E-state index in [2.05, 4.69) is 9.97 Å². The van der Waals surface area contributed by atoms with Gasteiger partial charge in [0, 0.05) is 42.9 Å². The summed E-state index contributed by atoms with van der Waals surface area (Å²) in [5.41, 5.74) is -1.44. The van der Waals surface area contributed by atoms with Crippen LogP contribution in [-0.4, -0.2) is 39.4 Å². The summed E-state index contributed by atoms with van der Waals surface area (Å²) in [5, 5.41) is -0.345. The number of piperidine rings is 1. The van der Waals surface area contributed by atoms with Crippen LogP contribution < -0.4 is 0 Å².